The number of nitrogens with one attached hydrogen (secondary N) is 1. The first-order chi connectivity index (χ1) is 13.3. The predicted octanol–water partition coefficient (Wildman–Crippen LogP) is 3.88. The van der Waals surface area contributed by atoms with Crippen molar-refractivity contribution >= 4 is 29.1 Å². The molecule has 1 saturated heterocycles. The van der Waals surface area contributed by atoms with Crippen LogP contribution in [-0.4, -0.2) is 29.6 Å². The summed E-state index contributed by atoms with van der Waals surface area (Å²) in [5.74, 6) is 0.417. The van der Waals surface area contributed by atoms with Crippen molar-refractivity contribution < 1.29 is 22.7 Å². The number of thioether (sulfide) groups is 1. The lowest BCUT2D eigenvalue weighted by Crippen LogP contribution is -2.26. The molecule has 5 nitrogen and oxygen atoms in total. The highest BCUT2D eigenvalue weighted by Crippen LogP contribution is 2.31. The highest BCUT2D eigenvalue weighted by Gasteiger charge is 2.33. The van der Waals surface area contributed by atoms with Gasteiger partial charge < -0.3 is 10.1 Å². The molecule has 9 heteroatoms. The molecule has 0 radical (unpaired) electrons. The average Bonchev–Trinajstić information content (AvgIpc) is 3.01. The van der Waals surface area contributed by atoms with Gasteiger partial charge in [-0.2, -0.15) is 18.3 Å². The van der Waals surface area contributed by atoms with E-state index in [0.717, 1.165) is 35.2 Å². The molecule has 1 N–H and O–H groups in total. The Morgan fingerprint density at radius 1 is 1.21 bits per heavy atom. The monoisotopic (exact) mass is 407 g/mol. The molecule has 1 aliphatic heterocycles. The van der Waals surface area contributed by atoms with Crippen LogP contribution in [0.15, 0.2) is 58.7 Å². The van der Waals surface area contributed by atoms with Gasteiger partial charge >= 0.3 is 6.18 Å². The molecule has 146 valence electrons. The average molecular weight is 407 g/mol. The summed E-state index contributed by atoms with van der Waals surface area (Å²) in [5.41, 5.74) is 0.511. The van der Waals surface area contributed by atoms with Crippen molar-refractivity contribution in [3.05, 3.63) is 65.2 Å². The minimum Gasteiger partial charge on any atom is -0.497 e. The van der Waals surface area contributed by atoms with Crippen LogP contribution in [0.25, 0.3) is 0 Å². The largest absolute Gasteiger partial charge is 0.497 e. The van der Waals surface area contributed by atoms with Crippen molar-refractivity contribution in [2.75, 3.05) is 7.11 Å². The summed E-state index contributed by atoms with van der Waals surface area (Å²) in [6.45, 7) is 0. The molecule has 1 heterocycles. The normalized spacial score (nSPS) is 18.6. The minimum absolute atomic E-state index is 0.168. The Hall–Kier alpha value is -2.81. The summed E-state index contributed by atoms with van der Waals surface area (Å²) in [6, 6.07) is 12.1. The quantitative estimate of drug-likeness (QED) is 0.604. The van der Waals surface area contributed by atoms with Gasteiger partial charge in [0, 0.05) is 0 Å². The van der Waals surface area contributed by atoms with Gasteiger partial charge in [0.2, 0.25) is 5.91 Å². The number of amidine groups is 1. The molecule has 1 amide bonds. The maximum atomic E-state index is 12.8. The number of alkyl halides is 3. The molecule has 1 fully saturated rings. The summed E-state index contributed by atoms with van der Waals surface area (Å²) in [5, 5.41) is 10.3. The number of hydrogen-bond acceptors (Lipinski definition) is 5. The lowest BCUT2D eigenvalue weighted by atomic mass is 10.1. The first-order valence-corrected chi connectivity index (χ1v) is 9.12. The zero-order chi connectivity index (χ0) is 20.1. The van der Waals surface area contributed by atoms with E-state index < -0.39 is 17.0 Å². The summed E-state index contributed by atoms with van der Waals surface area (Å²) < 4.78 is 43.5. The molecule has 0 bridgehead atoms. The van der Waals surface area contributed by atoms with Crippen molar-refractivity contribution in [1.29, 1.82) is 0 Å². The SMILES string of the molecule is COc1ccc(/C=N\N=C2\NC(=O)[C@@H](Cc3cccc(C(F)(F)F)c3)S2)cc1. The molecule has 0 saturated carbocycles. The molecular formula is C19H16F3N3O2S. The van der Waals surface area contributed by atoms with Gasteiger partial charge in [0.05, 0.1) is 24.1 Å². The number of carbonyl (C=O) groups is 1. The van der Waals surface area contributed by atoms with E-state index in [1.165, 1.54) is 12.3 Å². The summed E-state index contributed by atoms with van der Waals surface area (Å²) >= 11 is 1.14. The number of benzene rings is 2. The Bertz CT molecular complexity index is 911. The van der Waals surface area contributed by atoms with E-state index in [0.29, 0.717) is 10.7 Å². The van der Waals surface area contributed by atoms with Gasteiger partial charge in [-0.1, -0.05) is 30.0 Å². The second kappa shape index (κ2) is 8.47. The van der Waals surface area contributed by atoms with Gasteiger partial charge in [0.25, 0.3) is 0 Å². The van der Waals surface area contributed by atoms with E-state index in [2.05, 4.69) is 15.5 Å². The van der Waals surface area contributed by atoms with Crippen LogP contribution in [0.5, 0.6) is 5.75 Å². The van der Waals surface area contributed by atoms with Crippen LogP contribution in [0.4, 0.5) is 13.2 Å². The highest BCUT2D eigenvalue weighted by atomic mass is 32.2. The molecule has 1 atom stereocenters. The molecule has 0 unspecified atom stereocenters. The number of carbonyl (C=O) groups excluding carboxylic acids is 1. The summed E-state index contributed by atoms with van der Waals surface area (Å²) in [4.78, 5) is 12.1. The van der Waals surface area contributed by atoms with Crippen LogP contribution >= 0.6 is 11.8 Å². The molecule has 0 spiro atoms. The third-order valence-electron chi connectivity index (χ3n) is 3.92. The molecule has 28 heavy (non-hydrogen) atoms. The minimum atomic E-state index is -4.41. The van der Waals surface area contributed by atoms with E-state index >= 15 is 0 Å². The van der Waals surface area contributed by atoms with Gasteiger partial charge in [-0.05, 0) is 47.9 Å². The number of hydrogen-bond donors (Lipinski definition) is 1. The molecule has 0 aromatic heterocycles. The zero-order valence-electron chi connectivity index (χ0n) is 14.7. The second-order valence-corrected chi connectivity index (χ2v) is 7.11. The number of methoxy groups -OCH3 is 1. The maximum absolute atomic E-state index is 12.8. The Morgan fingerprint density at radius 2 is 1.96 bits per heavy atom. The third kappa shape index (κ3) is 5.13. The Labute approximate surface area is 163 Å². The standard InChI is InChI=1S/C19H16F3N3O2S/c1-27-15-7-5-12(6-8-15)11-23-25-18-24-17(26)16(28-18)10-13-3-2-4-14(9-13)19(20,21)22/h2-9,11,16H,10H2,1H3,(H,24,25,26)/b23-11-/t16-/m1/s1. The fourth-order valence-corrected chi connectivity index (χ4v) is 3.48. The number of rotatable bonds is 5. The van der Waals surface area contributed by atoms with Crippen LogP contribution in [0.3, 0.4) is 0 Å². The van der Waals surface area contributed by atoms with Crippen LogP contribution in [0.2, 0.25) is 0 Å². The van der Waals surface area contributed by atoms with E-state index in [-0.39, 0.29) is 12.3 Å². The Kier molecular flexibility index (Phi) is 6.03. The number of nitrogens with zero attached hydrogens (tertiary/aromatic N) is 2. The molecule has 0 aliphatic carbocycles. The van der Waals surface area contributed by atoms with E-state index in [9.17, 15) is 18.0 Å². The van der Waals surface area contributed by atoms with Gasteiger partial charge in [-0.25, -0.2) is 0 Å². The molecular weight excluding hydrogens is 391 g/mol. The Morgan fingerprint density at radius 3 is 2.64 bits per heavy atom. The summed E-state index contributed by atoms with van der Waals surface area (Å²) in [6.07, 6.45) is -2.72. The number of halogens is 3. The van der Waals surface area contributed by atoms with Gasteiger partial charge in [-0.3, -0.25) is 4.79 Å². The van der Waals surface area contributed by atoms with Crippen molar-refractivity contribution in [3.8, 4) is 5.75 Å². The van der Waals surface area contributed by atoms with Crippen molar-refractivity contribution in [3.63, 3.8) is 0 Å². The van der Waals surface area contributed by atoms with E-state index in [1.54, 1.807) is 37.4 Å². The summed E-state index contributed by atoms with van der Waals surface area (Å²) in [7, 11) is 1.57. The highest BCUT2D eigenvalue weighted by molar-refractivity contribution is 8.15. The molecule has 1 aliphatic rings. The molecule has 2 aromatic carbocycles. The second-order valence-electron chi connectivity index (χ2n) is 5.92. The topological polar surface area (TPSA) is 63.1 Å². The van der Waals surface area contributed by atoms with Crippen molar-refractivity contribution in [2.45, 2.75) is 17.8 Å². The first-order valence-electron chi connectivity index (χ1n) is 8.24. The van der Waals surface area contributed by atoms with Gasteiger partial charge in [0.1, 0.15) is 5.75 Å². The lowest BCUT2D eigenvalue weighted by molar-refractivity contribution is -0.137. The van der Waals surface area contributed by atoms with Gasteiger partial charge in [-0.15, -0.1) is 5.10 Å². The smallest absolute Gasteiger partial charge is 0.416 e. The number of amides is 1. The van der Waals surface area contributed by atoms with Crippen molar-refractivity contribution in [1.82, 2.24) is 5.32 Å². The Balaban J connectivity index is 1.63. The molecule has 3 rings (SSSR count). The number of ether oxygens (including phenoxy) is 1. The van der Waals surface area contributed by atoms with Crippen molar-refractivity contribution in [2.24, 2.45) is 10.2 Å². The predicted molar refractivity (Wildman–Crippen MR) is 103 cm³/mol. The zero-order valence-corrected chi connectivity index (χ0v) is 15.6. The van der Waals surface area contributed by atoms with Crippen LogP contribution in [-0.2, 0) is 17.4 Å². The van der Waals surface area contributed by atoms with Crippen LogP contribution in [0, 0.1) is 0 Å². The fourth-order valence-electron chi connectivity index (χ4n) is 2.51. The lowest BCUT2D eigenvalue weighted by Gasteiger charge is -2.10. The van der Waals surface area contributed by atoms with E-state index in [4.69, 9.17) is 4.74 Å². The fraction of sp³-hybridized carbons (Fsp3) is 0.211. The third-order valence-corrected chi connectivity index (χ3v) is 5.00. The maximum Gasteiger partial charge on any atom is 0.416 e. The first kappa shape index (κ1) is 19.9. The van der Waals surface area contributed by atoms with Crippen LogP contribution in [0.1, 0.15) is 16.7 Å². The van der Waals surface area contributed by atoms with Gasteiger partial charge in [0.15, 0.2) is 5.17 Å². The van der Waals surface area contributed by atoms with Crippen LogP contribution < -0.4 is 10.1 Å². The molecule has 2 aromatic rings. The van der Waals surface area contributed by atoms with E-state index in [1.807, 2.05) is 0 Å².